The van der Waals surface area contributed by atoms with Crippen LogP contribution in [0.25, 0.3) is 0 Å². The zero-order chi connectivity index (χ0) is 26.2. The molecule has 0 radical (unpaired) electrons. The zero-order valence-electron chi connectivity index (χ0n) is 19.3. The molecule has 7 nitrogen and oxygen atoms in total. The second-order valence-electron chi connectivity index (χ2n) is 8.61. The van der Waals surface area contributed by atoms with Crippen LogP contribution in [0.3, 0.4) is 0 Å². The van der Waals surface area contributed by atoms with Crippen molar-refractivity contribution in [2.75, 3.05) is 11.9 Å². The molecule has 11 heteroatoms. The van der Waals surface area contributed by atoms with Gasteiger partial charge >= 0.3 is 5.97 Å². The average molecular weight is 926 g/mol. The first-order valence-corrected chi connectivity index (χ1v) is 14.9. The third-order valence-corrected chi connectivity index (χ3v) is 12.8. The number of carbonyl (C=O) groups is 4. The Morgan fingerprint density at radius 2 is 1.49 bits per heavy atom. The highest BCUT2D eigenvalue weighted by atomic mass is 127. The fourth-order valence-corrected chi connectivity index (χ4v) is 7.43. The van der Waals surface area contributed by atoms with Gasteiger partial charge in [-0.05, 0) is 128 Å². The van der Waals surface area contributed by atoms with Gasteiger partial charge in [0.05, 0.1) is 11.1 Å². The molecule has 2 aromatic carbocycles. The minimum atomic E-state index is -1.13. The molecule has 0 aliphatic carbocycles. The van der Waals surface area contributed by atoms with Crippen molar-refractivity contribution in [3.05, 3.63) is 54.7 Å². The lowest BCUT2D eigenvalue weighted by Crippen LogP contribution is -2.47. The maximum Gasteiger partial charge on any atom is 0.329 e. The number of aryl methyl sites for hydroxylation is 2. The van der Waals surface area contributed by atoms with Crippen LogP contribution in [0.4, 0.5) is 5.69 Å². The predicted molar refractivity (Wildman–Crippen MR) is 167 cm³/mol. The van der Waals surface area contributed by atoms with Gasteiger partial charge in [-0.3, -0.25) is 19.3 Å². The van der Waals surface area contributed by atoms with Crippen LogP contribution in [0.2, 0.25) is 0 Å². The molecule has 1 aliphatic rings. The highest BCUT2D eigenvalue weighted by Crippen LogP contribution is 2.38. The standard InChI is InChI=1S/C24H22I4N2O5/c1-10(2)7-14(24(34)35-9-15(31)29-13-6-5-11(3)8-12(13)4)30-22(32)16-17(23(30)33)19(26)21(28)20(27)18(16)25/h5-6,8,10,14H,7,9H2,1-4H3,(H,29,31)/t14-/m0/s1. The van der Waals surface area contributed by atoms with Crippen molar-refractivity contribution in [2.24, 2.45) is 5.92 Å². The molecule has 35 heavy (non-hydrogen) atoms. The Morgan fingerprint density at radius 1 is 0.943 bits per heavy atom. The number of rotatable bonds is 7. The lowest BCUT2D eigenvalue weighted by molar-refractivity contribution is -0.151. The van der Waals surface area contributed by atoms with Crippen molar-refractivity contribution in [1.82, 2.24) is 4.90 Å². The molecular weight excluding hydrogens is 904 g/mol. The third-order valence-electron chi connectivity index (χ3n) is 5.41. The number of benzene rings is 2. The summed E-state index contributed by atoms with van der Waals surface area (Å²) in [5, 5.41) is 2.73. The summed E-state index contributed by atoms with van der Waals surface area (Å²) < 4.78 is 8.47. The monoisotopic (exact) mass is 926 g/mol. The summed E-state index contributed by atoms with van der Waals surface area (Å²) in [6, 6.07) is 4.48. The molecule has 0 spiro atoms. The Morgan fingerprint density at radius 3 is 1.97 bits per heavy atom. The van der Waals surface area contributed by atoms with Gasteiger partial charge in [-0.2, -0.15) is 0 Å². The number of carbonyl (C=O) groups excluding carboxylic acids is 4. The van der Waals surface area contributed by atoms with E-state index in [1.54, 1.807) is 6.07 Å². The normalized spacial score (nSPS) is 13.8. The molecule has 1 N–H and O–H groups in total. The van der Waals surface area contributed by atoms with Crippen molar-refractivity contribution < 1.29 is 23.9 Å². The first-order valence-electron chi connectivity index (χ1n) is 10.6. The van der Waals surface area contributed by atoms with Crippen LogP contribution >= 0.6 is 90.4 Å². The number of hydrogen-bond donors (Lipinski definition) is 1. The van der Waals surface area contributed by atoms with Gasteiger partial charge in [-0.15, -0.1) is 0 Å². The number of nitrogens with one attached hydrogen (secondary N) is 1. The lowest BCUT2D eigenvalue weighted by Gasteiger charge is -2.26. The average Bonchev–Trinajstić information content (AvgIpc) is 3.04. The largest absolute Gasteiger partial charge is 0.454 e. The summed E-state index contributed by atoms with van der Waals surface area (Å²) in [5.74, 6) is -2.30. The topological polar surface area (TPSA) is 92.8 Å². The quantitative estimate of drug-likeness (QED) is 0.123. The number of nitrogens with zero attached hydrogens (tertiary/aromatic N) is 1. The summed E-state index contributed by atoms with van der Waals surface area (Å²) in [7, 11) is 0. The minimum absolute atomic E-state index is 0.000636. The molecule has 0 unspecified atom stereocenters. The second-order valence-corrected chi connectivity index (χ2v) is 12.9. The van der Waals surface area contributed by atoms with Crippen molar-refractivity contribution >= 4 is 120 Å². The van der Waals surface area contributed by atoms with Gasteiger partial charge in [-0.25, -0.2) is 4.79 Å². The van der Waals surface area contributed by atoms with Gasteiger partial charge in [0.1, 0.15) is 6.04 Å². The maximum atomic E-state index is 13.4. The van der Waals surface area contributed by atoms with E-state index < -0.39 is 36.3 Å². The molecule has 0 saturated carbocycles. The molecule has 3 amide bonds. The van der Waals surface area contributed by atoms with E-state index in [0.717, 1.165) is 23.2 Å². The van der Waals surface area contributed by atoms with Crippen LogP contribution < -0.4 is 5.32 Å². The molecular formula is C24H22I4N2O5. The van der Waals surface area contributed by atoms with Crippen LogP contribution in [0.15, 0.2) is 18.2 Å². The smallest absolute Gasteiger partial charge is 0.329 e. The number of imide groups is 1. The van der Waals surface area contributed by atoms with E-state index in [1.165, 1.54) is 0 Å². The Bertz CT molecular complexity index is 1200. The highest BCUT2D eigenvalue weighted by Gasteiger charge is 2.47. The molecule has 1 heterocycles. The van der Waals surface area contributed by atoms with Crippen molar-refractivity contribution in [3.8, 4) is 0 Å². The Hall–Kier alpha value is -0.560. The fourth-order valence-electron chi connectivity index (χ4n) is 3.78. The number of anilines is 1. The van der Waals surface area contributed by atoms with Crippen LogP contribution in [0, 0.1) is 34.0 Å². The first kappa shape index (κ1) is 29.0. The van der Waals surface area contributed by atoms with Crippen LogP contribution in [-0.2, 0) is 14.3 Å². The number of halogens is 4. The third kappa shape index (κ3) is 6.13. The maximum absolute atomic E-state index is 13.4. The van der Waals surface area contributed by atoms with Gasteiger partial charge in [0.2, 0.25) is 0 Å². The lowest BCUT2D eigenvalue weighted by atomic mass is 10.0. The Balaban J connectivity index is 1.82. The molecule has 0 bridgehead atoms. The van der Waals surface area contributed by atoms with Gasteiger partial charge in [-0.1, -0.05) is 31.5 Å². The molecule has 0 saturated heterocycles. The molecule has 2 aromatic rings. The number of esters is 1. The van der Waals surface area contributed by atoms with Crippen LogP contribution in [0.1, 0.15) is 52.1 Å². The number of ether oxygens (including phenoxy) is 1. The predicted octanol–water partition coefficient (Wildman–Crippen LogP) is 5.91. The van der Waals surface area contributed by atoms with Gasteiger partial charge in [0.15, 0.2) is 6.61 Å². The Labute approximate surface area is 258 Å². The fraction of sp³-hybridized carbons (Fsp3) is 0.333. The number of hydrogen-bond acceptors (Lipinski definition) is 5. The molecule has 0 aromatic heterocycles. The Kier molecular flexibility index (Phi) is 9.84. The van der Waals surface area contributed by atoms with Gasteiger partial charge in [0.25, 0.3) is 17.7 Å². The van der Waals surface area contributed by atoms with E-state index in [-0.39, 0.29) is 12.3 Å². The van der Waals surface area contributed by atoms with Crippen molar-refractivity contribution in [3.63, 3.8) is 0 Å². The van der Waals surface area contributed by atoms with Crippen LogP contribution in [-0.4, -0.2) is 41.2 Å². The van der Waals surface area contributed by atoms with Crippen LogP contribution in [0.5, 0.6) is 0 Å². The second kappa shape index (κ2) is 11.9. The SMILES string of the molecule is Cc1ccc(NC(=O)COC(=O)[C@H](CC(C)C)N2C(=O)c3c(I)c(I)c(I)c(I)c3C2=O)c(C)c1. The number of fused-ring (bicyclic) bond motifs is 1. The molecule has 0 fully saturated rings. The van der Waals surface area contributed by atoms with E-state index in [1.807, 2.05) is 39.8 Å². The molecule has 3 rings (SSSR count). The zero-order valence-corrected chi connectivity index (χ0v) is 27.9. The summed E-state index contributed by atoms with van der Waals surface area (Å²) in [5.41, 5.74) is 3.22. The molecule has 186 valence electrons. The van der Waals surface area contributed by atoms with E-state index in [9.17, 15) is 19.2 Å². The van der Waals surface area contributed by atoms with E-state index in [2.05, 4.69) is 95.7 Å². The van der Waals surface area contributed by atoms with Crippen molar-refractivity contribution in [2.45, 2.75) is 40.2 Å². The minimum Gasteiger partial charge on any atom is -0.454 e. The summed E-state index contributed by atoms with van der Waals surface area (Å²) in [6.07, 6.45) is 0.227. The van der Waals surface area contributed by atoms with E-state index in [4.69, 9.17) is 4.74 Å². The summed E-state index contributed by atoms with van der Waals surface area (Å²) in [4.78, 5) is 53.4. The summed E-state index contributed by atoms with van der Waals surface area (Å²) >= 11 is 8.46. The highest BCUT2D eigenvalue weighted by molar-refractivity contribution is 14.1. The molecule has 1 atom stereocenters. The van der Waals surface area contributed by atoms with Gasteiger partial charge in [0, 0.05) is 20.0 Å². The van der Waals surface area contributed by atoms with E-state index in [0.29, 0.717) is 24.0 Å². The first-order chi connectivity index (χ1) is 16.3. The van der Waals surface area contributed by atoms with Crippen molar-refractivity contribution in [1.29, 1.82) is 0 Å². The van der Waals surface area contributed by atoms with E-state index >= 15 is 0 Å². The summed E-state index contributed by atoms with van der Waals surface area (Å²) in [6.45, 7) is 7.10. The molecule has 1 aliphatic heterocycles. The number of amides is 3. The van der Waals surface area contributed by atoms with Gasteiger partial charge < -0.3 is 10.1 Å².